The van der Waals surface area contributed by atoms with Gasteiger partial charge in [0, 0.05) is 11.3 Å². The lowest BCUT2D eigenvalue weighted by Crippen LogP contribution is -2.28. The van der Waals surface area contributed by atoms with Crippen LogP contribution >= 0.6 is 11.8 Å². The van der Waals surface area contributed by atoms with Crippen LogP contribution in [0.15, 0.2) is 103 Å². The number of nitrogens with one attached hydrogen (secondary N) is 1. The van der Waals surface area contributed by atoms with E-state index < -0.39 is 0 Å². The number of carbonyl (C=O) groups excluding carboxylic acids is 2. The van der Waals surface area contributed by atoms with Crippen molar-refractivity contribution >= 4 is 35.0 Å². The van der Waals surface area contributed by atoms with Crippen molar-refractivity contribution in [2.45, 2.75) is 12.3 Å². The summed E-state index contributed by atoms with van der Waals surface area (Å²) < 4.78 is 5.78. The first-order chi connectivity index (χ1) is 17.6. The molecule has 1 aliphatic heterocycles. The molecule has 4 aromatic rings. The monoisotopic (exact) mass is 494 g/mol. The van der Waals surface area contributed by atoms with Gasteiger partial charge in [0.2, 0.25) is 5.91 Å². The molecule has 0 bridgehead atoms. The molecular weight excluding hydrogens is 468 g/mol. The van der Waals surface area contributed by atoms with Gasteiger partial charge in [-0.3, -0.25) is 14.5 Å². The molecule has 1 N–H and O–H groups in total. The molecule has 1 saturated heterocycles. The second kappa shape index (κ2) is 10.7. The van der Waals surface area contributed by atoms with Gasteiger partial charge in [0.05, 0.1) is 18.0 Å². The summed E-state index contributed by atoms with van der Waals surface area (Å²) in [6.45, 7) is 2.45. The van der Waals surface area contributed by atoms with Crippen molar-refractivity contribution in [3.63, 3.8) is 0 Å². The number of nitrogens with zero attached hydrogens (tertiary/aromatic N) is 1. The minimum absolute atomic E-state index is 0.0325. The van der Waals surface area contributed by atoms with Crippen LogP contribution in [-0.2, 0) is 4.79 Å². The largest absolute Gasteiger partial charge is 0.492 e. The van der Waals surface area contributed by atoms with Gasteiger partial charge in [0.1, 0.15) is 11.1 Å². The molecule has 6 heteroatoms. The molecule has 36 heavy (non-hydrogen) atoms. The highest BCUT2D eigenvalue weighted by atomic mass is 32.2. The van der Waals surface area contributed by atoms with E-state index in [4.69, 9.17) is 4.74 Å². The van der Waals surface area contributed by atoms with Gasteiger partial charge >= 0.3 is 0 Å². The van der Waals surface area contributed by atoms with E-state index in [0.717, 1.165) is 22.4 Å². The summed E-state index contributed by atoms with van der Waals surface area (Å²) in [4.78, 5) is 27.6. The Morgan fingerprint density at radius 2 is 1.64 bits per heavy atom. The molecule has 2 amide bonds. The average Bonchev–Trinajstić information content (AvgIpc) is 3.31. The van der Waals surface area contributed by atoms with Gasteiger partial charge in [-0.1, -0.05) is 66.7 Å². The van der Waals surface area contributed by atoms with Gasteiger partial charge in [-0.15, -0.1) is 11.8 Å². The maximum Gasteiger partial charge on any atom is 0.255 e. The molecule has 0 aromatic heterocycles. The molecule has 5 rings (SSSR count). The molecule has 1 aliphatic rings. The van der Waals surface area contributed by atoms with Gasteiger partial charge in [0.25, 0.3) is 5.91 Å². The molecule has 0 aliphatic carbocycles. The van der Waals surface area contributed by atoms with Crippen molar-refractivity contribution in [1.82, 2.24) is 0 Å². The van der Waals surface area contributed by atoms with E-state index in [0.29, 0.717) is 29.4 Å². The fourth-order valence-electron chi connectivity index (χ4n) is 4.28. The van der Waals surface area contributed by atoms with Crippen LogP contribution in [0.1, 0.15) is 28.2 Å². The number of hydrogen-bond donors (Lipinski definition) is 1. The lowest BCUT2D eigenvalue weighted by molar-refractivity contribution is -0.115. The summed E-state index contributed by atoms with van der Waals surface area (Å²) >= 11 is 1.56. The van der Waals surface area contributed by atoms with Gasteiger partial charge in [-0.2, -0.15) is 0 Å². The highest BCUT2D eigenvalue weighted by molar-refractivity contribution is 8.00. The molecule has 4 aromatic carbocycles. The van der Waals surface area contributed by atoms with E-state index in [-0.39, 0.29) is 17.2 Å². The molecule has 1 unspecified atom stereocenters. The fourth-order valence-corrected chi connectivity index (χ4v) is 5.44. The predicted octanol–water partition coefficient (Wildman–Crippen LogP) is 6.78. The van der Waals surface area contributed by atoms with Crippen molar-refractivity contribution in [3.8, 4) is 16.9 Å². The third kappa shape index (κ3) is 4.99. The first-order valence-electron chi connectivity index (χ1n) is 11.9. The Bertz CT molecular complexity index is 1370. The van der Waals surface area contributed by atoms with Crippen LogP contribution in [0.2, 0.25) is 0 Å². The van der Waals surface area contributed by atoms with Crippen LogP contribution in [0, 0.1) is 0 Å². The molecule has 1 atom stereocenters. The van der Waals surface area contributed by atoms with Gasteiger partial charge in [0.15, 0.2) is 0 Å². The fraction of sp³-hybridized carbons (Fsp3) is 0.133. The van der Waals surface area contributed by atoms with Crippen molar-refractivity contribution in [3.05, 3.63) is 114 Å². The minimum atomic E-state index is -0.207. The zero-order valence-electron chi connectivity index (χ0n) is 19.9. The molecule has 0 radical (unpaired) electrons. The molecule has 5 nitrogen and oxygen atoms in total. The number of thioether (sulfide) groups is 1. The molecule has 1 fully saturated rings. The summed E-state index contributed by atoms with van der Waals surface area (Å²) in [6, 6.07) is 32.9. The minimum Gasteiger partial charge on any atom is -0.492 e. The quantitative estimate of drug-likeness (QED) is 0.308. The second-order valence-electron chi connectivity index (χ2n) is 8.35. The van der Waals surface area contributed by atoms with Crippen LogP contribution in [-0.4, -0.2) is 24.2 Å². The normalized spacial score (nSPS) is 15.1. The highest BCUT2D eigenvalue weighted by Gasteiger charge is 2.35. The number of anilines is 2. The maximum atomic E-state index is 13.0. The van der Waals surface area contributed by atoms with Gasteiger partial charge < -0.3 is 10.1 Å². The van der Waals surface area contributed by atoms with Crippen LogP contribution in [0.4, 0.5) is 11.4 Å². The highest BCUT2D eigenvalue weighted by Crippen LogP contribution is 2.45. The van der Waals surface area contributed by atoms with Crippen molar-refractivity contribution in [1.29, 1.82) is 0 Å². The van der Waals surface area contributed by atoms with Crippen molar-refractivity contribution in [2.75, 3.05) is 22.6 Å². The topological polar surface area (TPSA) is 58.6 Å². The van der Waals surface area contributed by atoms with E-state index in [2.05, 4.69) is 5.32 Å². The molecule has 1 heterocycles. The van der Waals surface area contributed by atoms with Crippen LogP contribution in [0.3, 0.4) is 0 Å². The molecular formula is C30H26N2O3S. The van der Waals surface area contributed by atoms with Crippen LogP contribution in [0.25, 0.3) is 11.1 Å². The number of rotatable bonds is 7. The third-order valence-electron chi connectivity index (χ3n) is 5.98. The van der Waals surface area contributed by atoms with Crippen molar-refractivity contribution in [2.24, 2.45) is 0 Å². The number of para-hydroxylation sites is 2. The van der Waals surface area contributed by atoms with Gasteiger partial charge in [-0.25, -0.2) is 0 Å². The van der Waals surface area contributed by atoms with Crippen LogP contribution in [0.5, 0.6) is 5.75 Å². The lowest BCUT2D eigenvalue weighted by Gasteiger charge is -2.26. The summed E-state index contributed by atoms with van der Waals surface area (Å²) in [6.07, 6.45) is 0. The summed E-state index contributed by atoms with van der Waals surface area (Å²) in [5.41, 5.74) is 5.13. The first-order valence-corrected chi connectivity index (χ1v) is 12.9. The number of amides is 2. The zero-order valence-corrected chi connectivity index (χ0v) is 20.7. The summed E-state index contributed by atoms with van der Waals surface area (Å²) in [7, 11) is 0. The SMILES string of the molecule is CCOc1ccccc1N1C(=O)CSC1c1cccc(NC(=O)c2ccc(-c3ccccc3)cc2)c1. The standard InChI is InChI=1S/C30H26N2O3S/c1-2-35-27-14-7-6-13-26(27)32-28(33)20-36-30(32)24-11-8-12-25(19-24)31-29(34)23-17-15-22(16-18-23)21-9-4-3-5-10-21/h3-19,30H,2,20H2,1H3,(H,31,34). The van der Waals surface area contributed by atoms with E-state index >= 15 is 0 Å². The number of ether oxygens (including phenoxy) is 1. The smallest absolute Gasteiger partial charge is 0.255 e. The molecule has 0 spiro atoms. The number of benzene rings is 4. The Hall–Kier alpha value is -4.03. The Labute approximate surface area is 215 Å². The van der Waals surface area contributed by atoms with Gasteiger partial charge in [-0.05, 0) is 60.0 Å². The van der Waals surface area contributed by atoms with Crippen molar-refractivity contribution < 1.29 is 14.3 Å². The summed E-state index contributed by atoms with van der Waals surface area (Å²) in [5.74, 6) is 0.921. The third-order valence-corrected chi connectivity index (χ3v) is 7.19. The van der Waals surface area contributed by atoms with E-state index in [1.54, 1.807) is 16.7 Å². The Morgan fingerprint density at radius 1 is 0.917 bits per heavy atom. The Balaban J connectivity index is 1.35. The number of carbonyl (C=O) groups is 2. The van der Waals surface area contributed by atoms with E-state index in [1.807, 2.05) is 110 Å². The van der Waals surface area contributed by atoms with E-state index in [9.17, 15) is 9.59 Å². The zero-order chi connectivity index (χ0) is 24.9. The Kier molecular flexibility index (Phi) is 7.05. The van der Waals surface area contributed by atoms with Crippen LogP contribution < -0.4 is 15.0 Å². The molecule has 0 saturated carbocycles. The summed E-state index contributed by atoms with van der Waals surface area (Å²) in [5, 5.41) is 2.80. The second-order valence-corrected chi connectivity index (χ2v) is 9.42. The van der Waals surface area contributed by atoms with E-state index in [1.165, 1.54) is 0 Å². The lowest BCUT2D eigenvalue weighted by atomic mass is 10.0. The molecule has 180 valence electrons. The first kappa shape index (κ1) is 23.7. The Morgan fingerprint density at radius 3 is 2.42 bits per heavy atom. The average molecular weight is 495 g/mol. The predicted molar refractivity (Wildman–Crippen MR) is 147 cm³/mol. The number of hydrogen-bond acceptors (Lipinski definition) is 4. The maximum absolute atomic E-state index is 13.0.